The van der Waals surface area contributed by atoms with Crippen LogP contribution in [-0.2, 0) is 23.9 Å². The first-order valence-electron chi connectivity index (χ1n) is 9.72. The average molecular weight is 415 g/mol. The van der Waals surface area contributed by atoms with Crippen LogP contribution < -0.4 is 5.32 Å². The third-order valence-electron chi connectivity index (χ3n) is 4.16. The van der Waals surface area contributed by atoms with E-state index in [9.17, 15) is 19.2 Å². The maximum absolute atomic E-state index is 12.1. The molecule has 0 aromatic carbocycles. The van der Waals surface area contributed by atoms with E-state index in [2.05, 4.69) is 38.2 Å². The number of amides is 1. The van der Waals surface area contributed by atoms with Crippen LogP contribution in [0.4, 0.5) is 0 Å². The molecule has 0 atom stereocenters. The van der Waals surface area contributed by atoms with Crippen LogP contribution in [0, 0.1) is 0 Å². The van der Waals surface area contributed by atoms with Crippen LogP contribution in [0.1, 0.15) is 53.4 Å². The SMILES string of the molecule is CC(C)=CCCC(C)=CCCC(C)=CC(=O)NC1=CC(=O)C(OCC(=O)O)=CC1=O. The number of nitrogens with one attached hydrogen (secondary N) is 1. The van der Waals surface area contributed by atoms with Gasteiger partial charge in [0.15, 0.2) is 12.4 Å². The number of hydrogen-bond acceptors (Lipinski definition) is 5. The number of carboxylic acid groups (broad SMARTS) is 1. The molecule has 7 heteroatoms. The van der Waals surface area contributed by atoms with Crippen LogP contribution in [0.25, 0.3) is 0 Å². The number of aliphatic carboxylic acids is 1. The first kappa shape index (κ1) is 24.8. The van der Waals surface area contributed by atoms with Crippen molar-refractivity contribution in [3.05, 3.63) is 58.6 Å². The van der Waals surface area contributed by atoms with Crippen molar-refractivity contribution in [1.29, 1.82) is 0 Å². The van der Waals surface area contributed by atoms with E-state index in [1.54, 1.807) is 0 Å². The maximum Gasteiger partial charge on any atom is 0.341 e. The summed E-state index contributed by atoms with van der Waals surface area (Å²) in [4.78, 5) is 46.5. The van der Waals surface area contributed by atoms with E-state index in [-0.39, 0.29) is 11.5 Å². The highest BCUT2D eigenvalue weighted by Gasteiger charge is 2.23. The molecule has 1 aliphatic carbocycles. The molecule has 0 heterocycles. The van der Waals surface area contributed by atoms with Crippen molar-refractivity contribution in [2.24, 2.45) is 0 Å². The molecule has 0 aromatic heterocycles. The van der Waals surface area contributed by atoms with Gasteiger partial charge in [0.05, 0.1) is 5.70 Å². The minimum absolute atomic E-state index is 0.174. The van der Waals surface area contributed by atoms with Crippen LogP contribution in [0.5, 0.6) is 0 Å². The molecule has 0 spiro atoms. The third-order valence-corrected chi connectivity index (χ3v) is 4.16. The van der Waals surface area contributed by atoms with Gasteiger partial charge in [-0.1, -0.05) is 28.9 Å². The van der Waals surface area contributed by atoms with E-state index < -0.39 is 30.0 Å². The number of carbonyl (C=O) groups excluding carboxylic acids is 3. The largest absolute Gasteiger partial charge is 0.479 e. The fourth-order valence-electron chi connectivity index (χ4n) is 2.59. The molecule has 0 saturated carbocycles. The smallest absolute Gasteiger partial charge is 0.341 e. The zero-order chi connectivity index (χ0) is 22.7. The molecule has 1 amide bonds. The van der Waals surface area contributed by atoms with Crippen LogP contribution >= 0.6 is 0 Å². The quantitative estimate of drug-likeness (QED) is 0.303. The maximum atomic E-state index is 12.1. The van der Waals surface area contributed by atoms with Crippen molar-refractivity contribution in [2.75, 3.05) is 6.61 Å². The first-order valence-corrected chi connectivity index (χ1v) is 9.72. The monoisotopic (exact) mass is 415 g/mol. The van der Waals surface area contributed by atoms with Gasteiger partial charge in [0.2, 0.25) is 17.5 Å². The predicted octanol–water partition coefficient (Wildman–Crippen LogP) is 3.54. The highest BCUT2D eigenvalue weighted by Crippen LogP contribution is 2.13. The van der Waals surface area contributed by atoms with Crippen LogP contribution in [0.3, 0.4) is 0 Å². The third kappa shape index (κ3) is 9.82. The topological polar surface area (TPSA) is 110 Å². The predicted molar refractivity (Wildman–Crippen MR) is 113 cm³/mol. The Kier molecular flexibility index (Phi) is 10.2. The second-order valence-electron chi connectivity index (χ2n) is 7.37. The number of ether oxygens (including phenoxy) is 1. The Morgan fingerprint density at radius 3 is 2.23 bits per heavy atom. The van der Waals surface area contributed by atoms with E-state index in [4.69, 9.17) is 9.84 Å². The number of carboxylic acids is 1. The molecule has 162 valence electrons. The highest BCUT2D eigenvalue weighted by molar-refractivity contribution is 6.20. The van der Waals surface area contributed by atoms with Gasteiger partial charge >= 0.3 is 5.97 Å². The molecule has 0 bridgehead atoms. The van der Waals surface area contributed by atoms with Crippen molar-refractivity contribution in [3.8, 4) is 0 Å². The Balaban J connectivity index is 2.54. The molecule has 2 N–H and O–H groups in total. The number of allylic oxidation sites excluding steroid dienone is 7. The van der Waals surface area contributed by atoms with Gasteiger partial charge in [0, 0.05) is 18.2 Å². The van der Waals surface area contributed by atoms with Crippen molar-refractivity contribution in [1.82, 2.24) is 5.32 Å². The summed E-state index contributed by atoms with van der Waals surface area (Å²) in [5, 5.41) is 11.0. The van der Waals surface area contributed by atoms with Gasteiger partial charge in [-0.15, -0.1) is 0 Å². The Hall–Kier alpha value is -3.22. The zero-order valence-electron chi connectivity index (χ0n) is 17.9. The number of carbonyl (C=O) groups is 4. The summed E-state index contributed by atoms with van der Waals surface area (Å²) < 4.78 is 4.76. The zero-order valence-corrected chi connectivity index (χ0v) is 17.9. The summed E-state index contributed by atoms with van der Waals surface area (Å²) in [5.41, 5.74) is 3.28. The van der Waals surface area contributed by atoms with E-state index >= 15 is 0 Å². The van der Waals surface area contributed by atoms with Crippen molar-refractivity contribution in [2.45, 2.75) is 53.4 Å². The molecule has 1 aliphatic rings. The van der Waals surface area contributed by atoms with Gasteiger partial charge < -0.3 is 15.2 Å². The van der Waals surface area contributed by atoms with Crippen molar-refractivity contribution in [3.63, 3.8) is 0 Å². The molecule has 30 heavy (non-hydrogen) atoms. The molecule has 0 radical (unpaired) electrons. The Morgan fingerprint density at radius 1 is 0.967 bits per heavy atom. The molecule has 1 rings (SSSR count). The van der Waals surface area contributed by atoms with Crippen molar-refractivity contribution < 1.29 is 29.0 Å². The molecule has 0 aromatic rings. The summed E-state index contributed by atoms with van der Waals surface area (Å²) in [5.74, 6) is -3.45. The minimum Gasteiger partial charge on any atom is -0.479 e. The molecule has 0 aliphatic heterocycles. The summed E-state index contributed by atoms with van der Waals surface area (Å²) in [6.07, 6.45) is 11.1. The summed E-state index contributed by atoms with van der Waals surface area (Å²) >= 11 is 0. The first-order chi connectivity index (χ1) is 14.1. The normalized spacial score (nSPS) is 14.7. The Labute approximate surface area is 176 Å². The van der Waals surface area contributed by atoms with E-state index in [1.165, 1.54) is 17.2 Å². The van der Waals surface area contributed by atoms with Gasteiger partial charge in [-0.3, -0.25) is 14.4 Å². The lowest BCUT2D eigenvalue weighted by atomic mass is 10.1. The van der Waals surface area contributed by atoms with Gasteiger partial charge in [0.1, 0.15) is 0 Å². The van der Waals surface area contributed by atoms with Crippen molar-refractivity contribution >= 4 is 23.4 Å². The Bertz CT molecular complexity index is 851. The van der Waals surface area contributed by atoms with Crippen LogP contribution in [-0.4, -0.2) is 35.2 Å². The van der Waals surface area contributed by atoms with Crippen LogP contribution in [0.15, 0.2) is 58.6 Å². The molecule has 0 unspecified atom stereocenters. The lowest BCUT2D eigenvalue weighted by molar-refractivity contribution is -0.141. The van der Waals surface area contributed by atoms with Gasteiger partial charge in [-0.05, 0) is 53.4 Å². The summed E-state index contributed by atoms with van der Waals surface area (Å²) in [6, 6.07) is 0. The lowest BCUT2D eigenvalue weighted by Crippen LogP contribution is -2.29. The highest BCUT2D eigenvalue weighted by atomic mass is 16.5. The molecule has 7 nitrogen and oxygen atoms in total. The van der Waals surface area contributed by atoms with E-state index in [0.29, 0.717) is 6.42 Å². The second kappa shape index (κ2) is 12.4. The van der Waals surface area contributed by atoms with Crippen LogP contribution in [0.2, 0.25) is 0 Å². The number of ketones is 2. The average Bonchev–Trinajstić information content (AvgIpc) is 2.62. The fourth-order valence-corrected chi connectivity index (χ4v) is 2.59. The molecular weight excluding hydrogens is 386 g/mol. The summed E-state index contributed by atoms with van der Waals surface area (Å²) in [7, 11) is 0. The molecular formula is C23H29NO6. The van der Waals surface area contributed by atoms with E-state index in [1.807, 2.05) is 6.92 Å². The van der Waals surface area contributed by atoms with Gasteiger partial charge in [-0.25, -0.2) is 4.79 Å². The summed E-state index contributed by atoms with van der Waals surface area (Å²) in [6.45, 7) is 7.34. The van der Waals surface area contributed by atoms with Gasteiger partial charge in [-0.2, -0.15) is 0 Å². The molecule has 0 saturated heterocycles. The fraction of sp³-hybridized carbons (Fsp3) is 0.391. The number of hydrogen-bond donors (Lipinski definition) is 2. The standard InChI is InChI=1S/C23H29NO6/c1-15(2)7-5-8-16(3)9-6-10-17(4)11-22(27)24-18-12-20(26)21(13-19(18)25)30-14-23(28)29/h7,9,11-13H,5-6,8,10,14H2,1-4H3,(H,24,27)(H,28,29). The van der Waals surface area contributed by atoms with E-state index in [0.717, 1.165) is 37.0 Å². The Morgan fingerprint density at radius 2 is 1.60 bits per heavy atom. The minimum atomic E-state index is -1.27. The lowest BCUT2D eigenvalue weighted by Gasteiger charge is -2.12. The molecule has 0 fully saturated rings. The second-order valence-corrected chi connectivity index (χ2v) is 7.37. The van der Waals surface area contributed by atoms with Gasteiger partial charge in [0.25, 0.3) is 0 Å². The number of rotatable bonds is 11.